The highest BCUT2D eigenvalue weighted by atomic mass is 16.5. The quantitative estimate of drug-likeness (QED) is 0.136. The van der Waals surface area contributed by atoms with Crippen molar-refractivity contribution in [2.24, 2.45) is 5.73 Å². The van der Waals surface area contributed by atoms with Gasteiger partial charge in [0.05, 0.1) is 38.5 Å². The molecule has 15 heteroatoms. The zero-order valence-electron chi connectivity index (χ0n) is 31.9. The van der Waals surface area contributed by atoms with Gasteiger partial charge >= 0.3 is 6.03 Å². The van der Waals surface area contributed by atoms with Crippen molar-refractivity contribution in [3.63, 3.8) is 0 Å². The van der Waals surface area contributed by atoms with Crippen LogP contribution in [0.5, 0.6) is 0 Å². The summed E-state index contributed by atoms with van der Waals surface area (Å²) in [6, 6.07) is 24.6. The summed E-state index contributed by atoms with van der Waals surface area (Å²) in [5, 5.41) is 15.1. The molecule has 2 saturated carbocycles. The lowest BCUT2D eigenvalue weighted by molar-refractivity contribution is 0.0986. The van der Waals surface area contributed by atoms with Crippen molar-refractivity contribution >= 4 is 40.1 Å². The summed E-state index contributed by atoms with van der Waals surface area (Å²) in [4.78, 5) is 26.2. The maximum absolute atomic E-state index is 11.9. The van der Waals surface area contributed by atoms with Gasteiger partial charge in [0.1, 0.15) is 11.0 Å². The number of anilines is 4. The summed E-state index contributed by atoms with van der Waals surface area (Å²) in [7, 11) is 0. The lowest BCUT2D eigenvalue weighted by Crippen LogP contribution is -2.44. The summed E-state index contributed by atoms with van der Waals surface area (Å²) in [5.74, 6) is 3.22. The van der Waals surface area contributed by atoms with Gasteiger partial charge in [-0.05, 0) is 112 Å². The van der Waals surface area contributed by atoms with Crippen LogP contribution in [0.3, 0.4) is 0 Å². The van der Waals surface area contributed by atoms with E-state index in [0.29, 0.717) is 43.6 Å². The van der Waals surface area contributed by atoms with Gasteiger partial charge in [-0.2, -0.15) is 0 Å². The molecule has 308 valence electrons. The van der Waals surface area contributed by atoms with Gasteiger partial charge in [0.2, 0.25) is 0 Å². The van der Waals surface area contributed by atoms with Crippen molar-refractivity contribution in [1.29, 1.82) is 0 Å². The topological polar surface area (TPSA) is 178 Å². The molecule has 10 rings (SSSR count). The van der Waals surface area contributed by atoms with Crippen LogP contribution in [-0.2, 0) is 9.47 Å². The molecule has 58 heavy (non-hydrogen) atoms. The van der Waals surface area contributed by atoms with E-state index in [4.69, 9.17) is 30.9 Å². The van der Waals surface area contributed by atoms with Crippen LogP contribution in [-0.4, -0.2) is 98.9 Å². The third kappa shape index (κ3) is 10.0. The molecule has 0 unspecified atom stereocenters. The maximum atomic E-state index is 11.9. The molecule has 0 radical (unpaired) electrons. The highest BCUT2D eigenvalue weighted by Crippen LogP contribution is 2.29. The minimum absolute atomic E-state index is 0. The van der Waals surface area contributed by atoms with Crippen molar-refractivity contribution < 1.29 is 14.3 Å². The van der Waals surface area contributed by atoms with E-state index in [1.165, 1.54) is 12.8 Å². The minimum Gasteiger partial charge on any atom is -0.399 e. The number of nitrogens with zero attached hydrogens (tertiary/aromatic N) is 8. The SMILES string of the molecule is C.C.C[C@@H]1COCCN1c1nc(-c2ccc(N)cc2)nn2cccc12.C[C@@H]1COCCN1c1nc(-c2ccc(NC(=O)NC3CC3)cc2)nn2cccc12.NC1CC1. The van der Waals surface area contributed by atoms with Crippen LogP contribution in [0, 0.1) is 0 Å². The Morgan fingerprint density at radius 2 is 1.17 bits per heavy atom. The monoisotopic (exact) mass is 790 g/mol. The number of carbonyl (C=O) groups excluding carboxylic acids is 1. The molecule has 6 aromatic rings. The predicted octanol–water partition coefficient (Wildman–Crippen LogP) is 6.49. The summed E-state index contributed by atoms with van der Waals surface area (Å²) in [5.41, 5.74) is 16.3. The normalized spacial score (nSPS) is 18.8. The molecule has 2 saturated heterocycles. The van der Waals surface area contributed by atoms with Crippen LogP contribution in [0.4, 0.5) is 27.8 Å². The molecule has 6 heterocycles. The van der Waals surface area contributed by atoms with Crippen LogP contribution >= 0.6 is 0 Å². The zero-order chi connectivity index (χ0) is 38.6. The van der Waals surface area contributed by atoms with E-state index in [9.17, 15) is 4.79 Å². The van der Waals surface area contributed by atoms with Crippen molar-refractivity contribution in [3.05, 3.63) is 85.2 Å². The number of amides is 2. The zero-order valence-corrected chi connectivity index (χ0v) is 31.9. The summed E-state index contributed by atoms with van der Waals surface area (Å²) < 4.78 is 14.9. The Morgan fingerprint density at radius 1 is 0.707 bits per heavy atom. The molecule has 2 aromatic carbocycles. The molecule has 4 aliphatic rings. The summed E-state index contributed by atoms with van der Waals surface area (Å²) >= 11 is 0. The Balaban J connectivity index is 0.000000176. The number of fused-ring (bicyclic) bond motifs is 2. The van der Waals surface area contributed by atoms with Crippen LogP contribution in [0.1, 0.15) is 54.4 Å². The molecular formula is C43H58N12O3. The van der Waals surface area contributed by atoms with E-state index in [2.05, 4.69) is 44.5 Å². The number of carbonyl (C=O) groups is 1. The van der Waals surface area contributed by atoms with Gasteiger partial charge in [-0.3, -0.25) is 0 Å². The number of nitrogens with one attached hydrogen (secondary N) is 2. The Bertz CT molecular complexity index is 2250. The third-order valence-electron chi connectivity index (χ3n) is 10.1. The highest BCUT2D eigenvalue weighted by Gasteiger charge is 2.26. The van der Waals surface area contributed by atoms with E-state index in [1.807, 2.05) is 94.2 Å². The third-order valence-corrected chi connectivity index (χ3v) is 10.1. The van der Waals surface area contributed by atoms with Gasteiger partial charge in [0.25, 0.3) is 0 Å². The summed E-state index contributed by atoms with van der Waals surface area (Å²) in [6.45, 7) is 8.76. The van der Waals surface area contributed by atoms with Crippen LogP contribution in [0.15, 0.2) is 85.2 Å². The number of hydrogen-bond donors (Lipinski definition) is 4. The Kier molecular flexibility index (Phi) is 13.5. The van der Waals surface area contributed by atoms with Crippen LogP contribution in [0.25, 0.3) is 33.8 Å². The van der Waals surface area contributed by atoms with Gasteiger partial charge in [-0.15, -0.1) is 10.2 Å². The number of morpholine rings is 2. The number of rotatable bonds is 6. The van der Waals surface area contributed by atoms with E-state index >= 15 is 0 Å². The molecule has 6 N–H and O–H groups in total. The second-order valence-corrected chi connectivity index (χ2v) is 14.8. The molecular weight excluding hydrogens is 733 g/mol. The fraction of sp³-hybridized carbons (Fsp3) is 0.419. The fourth-order valence-corrected chi connectivity index (χ4v) is 6.60. The number of urea groups is 1. The van der Waals surface area contributed by atoms with Crippen molar-refractivity contribution in [2.45, 2.75) is 78.6 Å². The largest absolute Gasteiger partial charge is 0.399 e. The maximum Gasteiger partial charge on any atom is 0.319 e. The first-order chi connectivity index (χ1) is 27.3. The Hall–Kier alpha value is -5.77. The van der Waals surface area contributed by atoms with Crippen LogP contribution < -0.4 is 31.9 Å². The van der Waals surface area contributed by atoms with E-state index < -0.39 is 0 Å². The molecule has 4 aromatic heterocycles. The molecule has 2 amide bonds. The first kappa shape index (κ1) is 41.9. The van der Waals surface area contributed by atoms with Crippen molar-refractivity contribution in [2.75, 3.05) is 60.4 Å². The molecule has 4 fully saturated rings. The molecule has 2 aliphatic carbocycles. The van der Waals surface area contributed by atoms with E-state index in [1.54, 1.807) is 0 Å². The second kappa shape index (κ2) is 18.7. The molecule has 2 aliphatic heterocycles. The molecule has 0 bridgehead atoms. The molecule has 0 spiro atoms. The number of hydrogen-bond acceptors (Lipinski definition) is 11. The van der Waals surface area contributed by atoms with E-state index in [-0.39, 0.29) is 33.0 Å². The molecule has 15 nitrogen and oxygen atoms in total. The highest BCUT2D eigenvalue weighted by molar-refractivity contribution is 5.90. The Morgan fingerprint density at radius 3 is 1.60 bits per heavy atom. The van der Waals surface area contributed by atoms with Gasteiger partial charge in [0, 0.05) is 60.1 Å². The number of nitrogen functional groups attached to an aromatic ring is 1. The smallest absolute Gasteiger partial charge is 0.319 e. The average molecular weight is 791 g/mol. The standard InChI is InChI=1S/C21H24N6O2.C17H19N5O.C3H7N.2CH4/c1-14-13-29-12-11-26(14)20-18-3-2-10-27(18)25-19(24-20)15-4-6-16(7-5-15)22-21(28)23-17-8-9-17;1-12-11-23-10-9-21(12)17-15-3-2-8-22(15)20-16(19-17)13-4-6-14(18)7-5-13;4-3-1-2-3;;/h2-7,10,14,17H,8-9,11-13H2,1H3,(H2,22,23,28);2-8,12H,9-11,18H2,1H3;3H,1-2,4H2;2*1H4/t14-;12-;;;/m11.../s1. The Labute approximate surface area is 340 Å². The average Bonchev–Trinajstić information content (AvgIpc) is 4.08. The van der Waals surface area contributed by atoms with Gasteiger partial charge in [-0.1, -0.05) is 14.9 Å². The number of aromatic nitrogens is 6. The lowest BCUT2D eigenvalue weighted by Gasteiger charge is -2.34. The predicted molar refractivity (Wildman–Crippen MR) is 232 cm³/mol. The fourth-order valence-electron chi connectivity index (χ4n) is 6.60. The number of benzene rings is 2. The minimum atomic E-state index is -0.158. The lowest BCUT2D eigenvalue weighted by atomic mass is 10.2. The van der Waals surface area contributed by atoms with Crippen molar-refractivity contribution in [3.8, 4) is 22.8 Å². The second-order valence-electron chi connectivity index (χ2n) is 14.8. The van der Waals surface area contributed by atoms with Crippen molar-refractivity contribution in [1.82, 2.24) is 34.5 Å². The number of ether oxygens (including phenoxy) is 2. The van der Waals surface area contributed by atoms with Gasteiger partial charge < -0.3 is 41.4 Å². The molecule has 2 atom stereocenters. The first-order valence-electron chi connectivity index (χ1n) is 19.5. The first-order valence-corrected chi connectivity index (χ1v) is 19.5. The van der Waals surface area contributed by atoms with Gasteiger partial charge in [-0.25, -0.2) is 23.8 Å². The van der Waals surface area contributed by atoms with E-state index in [0.717, 1.165) is 77.7 Å². The summed E-state index contributed by atoms with van der Waals surface area (Å²) in [6.07, 6.45) is 8.55. The van der Waals surface area contributed by atoms with Gasteiger partial charge in [0.15, 0.2) is 23.3 Å². The van der Waals surface area contributed by atoms with Crippen LogP contribution in [0.2, 0.25) is 0 Å². The number of nitrogens with two attached hydrogens (primary N) is 2.